The van der Waals surface area contributed by atoms with Gasteiger partial charge in [0, 0.05) is 49.8 Å². The van der Waals surface area contributed by atoms with Crippen LogP contribution in [0.3, 0.4) is 0 Å². The van der Waals surface area contributed by atoms with Gasteiger partial charge in [-0.1, -0.05) is 140 Å². The first-order valence-electron chi connectivity index (χ1n) is 17.3. The summed E-state index contributed by atoms with van der Waals surface area (Å²) in [6.07, 6.45) is 9.94. The lowest BCUT2D eigenvalue weighted by Crippen LogP contribution is -2.02. The molecule has 0 fully saturated rings. The molecule has 0 radical (unpaired) electrons. The van der Waals surface area contributed by atoms with Gasteiger partial charge in [-0.15, -0.1) is 0 Å². The van der Waals surface area contributed by atoms with Crippen molar-refractivity contribution in [3.63, 3.8) is 0 Å². The van der Waals surface area contributed by atoms with Gasteiger partial charge in [0.25, 0.3) is 0 Å². The molecule has 0 amide bonds. The zero-order chi connectivity index (χ0) is 33.7. The third-order valence-electron chi connectivity index (χ3n) is 9.75. The maximum Gasteiger partial charge on any atom is 0.164 e. The first-order valence-corrected chi connectivity index (χ1v) is 17.3. The van der Waals surface area contributed by atoms with E-state index >= 15 is 0 Å². The van der Waals surface area contributed by atoms with Gasteiger partial charge in [0.1, 0.15) is 0 Å². The molecule has 0 bridgehead atoms. The fraction of sp³-hybridized carbons (Fsp3) is 0.0217. The summed E-state index contributed by atoms with van der Waals surface area (Å²) in [5.41, 5.74) is 10.9. The number of fused-ring (bicyclic) bond motifs is 7. The number of benzene rings is 6. The molecule has 1 aliphatic carbocycles. The van der Waals surface area contributed by atoms with Crippen LogP contribution in [-0.2, 0) is 0 Å². The SMILES string of the molecule is C1=Cc2c(n(-c3cccc(-c4nc(-c5ccccc5)nc(-c5ccccc5)n4)c3)c3c2ccc2c4ccccc4n(-c4ccccc4)c23)C=CC1. The number of nitrogens with zero attached hydrogens (tertiary/aromatic N) is 5. The summed E-state index contributed by atoms with van der Waals surface area (Å²) >= 11 is 0. The van der Waals surface area contributed by atoms with Crippen molar-refractivity contribution in [3.8, 4) is 45.5 Å². The molecule has 240 valence electrons. The Labute approximate surface area is 295 Å². The van der Waals surface area contributed by atoms with Gasteiger partial charge in [-0.05, 0) is 42.8 Å². The van der Waals surface area contributed by atoms with E-state index in [4.69, 9.17) is 15.0 Å². The van der Waals surface area contributed by atoms with Gasteiger partial charge in [0.2, 0.25) is 0 Å². The fourth-order valence-corrected chi connectivity index (χ4v) is 7.48. The van der Waals surface area contributed by atoms with Crippen LogP contribution in [-0.4, -0.2) is 24.1 Å². The Morgan fingerprint density at radius 2 is 0.961 bits per heavy atom. The van der Waals surface area contributed by atoms with Crippen molar-refractivity contribution in [2.75, 3.05) is 0 Å². The molecule has 5 nitrogen and oxygen atoms in total. The van der Waals surface area contributed by atoms with E-state index in [9.17, 15) is 0 Å². The van der Waals surface area contributed by atoms with Crippen LogP contribution in [0.15, 0.2) is 164 Å². The second kappa shape index (κ2) is 11.9. The quantitative estimate of drug-likeness (QED) is 0.186. The summed E-state index contributed by atoms with van der Waals surface area (Å²) < 4.78 is 4.85. The molecule has 0 N–H and O–H groups in total. The highest BCUT2D eigenvalue weighted by Gasteiger charge is 2.23. The van der Waals surface area contributed by atoms with Crippen LogP contribution in [0.25, 0.3) is 90.4 Å². The van der Waals surface area contributed by atoms with E-state index in [0.717, 1.165) is 45.7 Å². The van der Waals surface area contributed by atoms with Gasteiger partial charge < -0.3 is 9.13 Å². The molecule has 0 unspecified atom stereocenters. The third kappa shape index (κ3) is 4.82. The number of rotatable bonds is 5. The van der Waals surface area contributed by atoms with E-state index in [0.29, 0.717) is 17.5 Å². The van der Waals surface area contributed by atoms with E-state index in [-0.39, 0.29) is 0 Å². The van der Waals surface area contributed by atoms with E-state index in [1.165, 1.54) is 32.8 Å². The molecule has 9 aromatic rings. The fourth-order valence-electron chi connectivity index (χ4n) is 7.48. The zero-order valence-electron chi connectivity index (χ0n) is 27.7. The lowest BCUT2D eigenvalue weighted by Gasteiger charge is -2.14. The van der Waals surface area contributed by atoms with Crippen molar-refractivity contribution in [1.29, 1.82) is 0 Å². The average molecular weight is 654 g/mol. The predicted molar refractivity (Wildman–Crippen MR) is 210 cm³/mol. The minimum absolute atomic E-state index is 0.631. The molecule has 5 heteroatoms. The van der Waals surface area contributed by atoms with Crippen LogP contribution in [0.4, 0.5) is 0 Å². The lowest BCUT2D eigenvalue weighted by atomic mass is 10.1. The Morgan fingerprint density at radius 1 is 0.412 bits per heavy atom. The molecule has 0 spiro atoms. The molecule has 3 aromatic heterocycles. The smallest absolute Gasteiger partial charge is 0.164 e. The Morgan fingerprint density at radius 3 is 1.69 bits per heavy atom. The van der Waals surface area contributed by atoms with Crippen molar-refractivity contribution in [3.05, 3.63) is 175 Å². The van der Waals surface area contributed by atoms with Crippen molar-refractivity contribution in [1.82, 2.24) is 24.1 Å². The molecule has 0 saturated heterocycles. The second-order valence-corrected chi connectivity index (χ2v) is 12.8. The molecule has 0 saturated carbocycles. The van der Waals surface area contributed by atoms with Gasteiger partial charge in [-0.25, -0.2) is 15.0 Å². The predicted octanol–water partition coefficient (Wildman–Crippen LogP) is 11.3. The highest BCUT2D eigenvalue weighted by Crippen LogP contribution is 2.42. The molecular weight excluding hydrogens is 623 g/mol. The summed E-state index contributed by atoms with van der Waals surface area (Å²) in [6.45, 7) is 0. The Hall–Kier alpha value is -6.85. The Kier molecular flexibility index (Phi) is 6.81. The monoisotopic (exact) mass is 653 g/mol. The molecule has 6 aromatic carbocycles. The molecule has 0 aliphatic heterocycles. The standard InChI is InChI=1S/C46H31N5/c1-5-16-31(17-6-1)44-47-45(32-18-7-2-8-19-32)49-46(48-44)33-20-15-23-35(30-33)51-41-26-12-4-11-24-36(41)39-29-28-38-37-25-13-14-27-40(37)50(42(38)43(39)51)34-21-9-3-10-22-34/h1-3,5-30H,4H2. The van der Waals surface area contributed by atoms with Crippen LogP contribution in [0, 0.1) is 0 Å². The highest BCUT2D eigenvalue weighted by molar-refractivity contribution is 6.20. The number of hydrogen-bond donors (Lipinski definition) is 0. The maximum absolute atomic E-state index is 5.06. The molecule has 51 heavy (non-hydrogen) atoms. The first-order chi connectivity index (χ1) is 25.3. The molecule has 3 heterocycles. The molecule has 1 aliphatic rings. The van der Waals surface area contributed by atoms with E-state index in [1.807, 2.05) is 60.7 Å². The lowest BCUT2D eigenvalue weighted by molar-refractivity contribution is 1.07. The number of allylic oxidation sites excluding steroid dienone is 2. The normalized spacial score (nSPS) is 12.5. The minimum Gasteiger partial charge on any atom is -0.307 e. The number of para-hydroxylation sites is 2. The van der Waals surface area contributed by atoms with Crippen LogP contribution in [0.2, 0.25) is 0 Å². The largest absolute Gasteiger partial charge is 0.307 e. The van der Waals surface area contributed by atoms with Gasteiger partial charge in [-0.3, -0.25) is 0 Å². The molecule has 10 rings (SSSR count). The Bertz CT molecular complexity index is 2750. The van der Waals surface area contributed by atoms with Crippen molar-refractivity contribution < 1.29 is 0 Å². The van der Waals surface area contributed by atoms with Crippen LogP contribution < -0.4 is 0 Å². The molecular formula is C46H31N5. The summed E-state index contributed by atoms with van der Waals surface area (Å²) in [6, 6.07) is 52.9. The van der Waals surface area contributed by atoms with Crippen LogP contribution >= 0.6 is 0 Å². The highest BCUT2D eigenvalue weighted by atomic mass is 15.1. The topological polar surface area (TPSA) is 48.5 Å². The van der Waals surface area contributed by atoms with Gasteiger partial charge in [0.05, 0.1) is 22.2 Å². The van der Waals surface area contributed by atoms with Crippen molar-refractivity contribution in [2.45, 2.75) is 6.42 Å². The Balaban J connectivity index is 1.27. The van der Waals surface area contributed by atoms with Crippen molar-refractivity contribution >= 4 is 44.9 Å². The van der Waals surface area contributed by atoms with Crippen LogP contribution in [0.1, 0.15) is 17.7 Å². The summed E-state index contributed by atoms with van der Waals surface area (Å²) in [4.78, 5) is 15.0. The van der Waals surface area contributed by atoms with Crippen LogP contribution in [0.5, 0.6) is 0 Å². The van der Waals surface area contributed by atoms with Gasteiger partial charge in [0.15, 0.2) is 17.5 Å². The minimum atomic E-state index is 0.631. The first kappa shape index (κ1) is 29.1. The van der Waals surface area contributed by atoms with E-state index < -0.39 is 0 Å². The average Bonchev–Trinajstić information content (AvgIpc) is 3.59. The van der Waals surface area contributed by atoms with Gasteiger partial charge >= 0.3 is 0 Å². The maximum atomic E-state index is 5.06. The summed E-state index contributed by atoms with van der Waals surface area (Å²) in [5, 5.41) is 3.66. The number of hydrogen-bond acceptors (Lipinski definition) is 3. The summed E-state index contributed by atoms with van der Waals surface area (Å²) in [5.74, 6) is 1.92. The second-order valence-electron chi connectivity index (χ2n) is 12.8. The van der Waals surface area contributed by atoms with E-state index in [1.54, 1.807) is 0 Å². The zero-order valence-corrected chi connectivity index (χ0v) is 27.7. The van der Waals surface area contributed by atoms with Gasteiger partial charge in [-0.2, -0.15) is 0 Å². The summed E-state index contributed by atoms with van der Waals surface area (Å²) in [7, 11) is 0. The third-order valence-corrected chi connectivity index (χ3v) is 9.75. The number of aromatic nitrogens is 5. The van der Waals surface area contributed by atoms with E-state index in [2.05, 4.69) is 124 Å². The molecule has 0 atom stereocenters. The van der Waals surface area contributed by atoms with Crippen molar-refractivity contribution in [2.24, 2.45) is 0 Å².